The molecule has 0 saturated carbocycles. The van der Waals surface area contributed by atoms with Gasteiger partial charge in [0.2, 0.25) is 0 Å². The maximum atomic E-state index is 14.5. The molecule has 1 heterocycles. The van der Waals surface area contributed by atoms with Crippen molar-refractivity contribution in [2.75, 3.05) is 37.4 Å². The fraction of sp³-hybridized carbons (Fsp3) is 0.348. The number of fused-ring (bicyclic) bond motifs is 1. The molecule has 0 bridgehead atoms. The van der Waals surface area contributed by atoms with Gasteiger partial charge in [-0.05, 0) is 37.6 Å². The Bertz CT molecular complexity index is 1130. The van der Waals surface area contributed by atoms with Gasteiger partial charge in [-0.3, -0.25) is 4.79 Å². The molecule has 8 heteroatoms. The van der Waals surface area contributed by atoms with Crippen LogP contribution in [0.15, 0.2) is 39.5 Å². The molecule has 3 aromatic rings. The molecule has 2 aromatic carbocycles. The van der Waals surface area contributed by atoms with E-state index in [1.807, 2.05) is 0 Å². The fourth-order valence-corrected chi connectivity index (χ4v) is 3.44. The van der Waals surface area contributed by atoms with Crippen molar-refractivity contribution in [3.8, 4) is 11.3 Å². The first kappa shape index (κ1) is 22.7. The summed E-state index contributed by atoms with van der Waals surface area (Å²) in [6, 6.07) is 6.12. The Balaban J connectivity index is 1.97. The molecule has 3 rings (SSSR count). The maximum absolute atomic E-state index is 14.5. The number of hydrogen-bond acceptors (Lipinski definition) is 5. The molecule has 0 fully saturated rings. The number of nitrogens with zero attached hydrogens (tertiary/aromatic N) is 1. The van der Waals surface area contributed by atoms with Gasteiger partial charge < -0.3 is 20.4 Å². The van der Waals surface area contributed by atoms with E-state index >= 15 is 0 Å². The van der Waals surface area contributed by atoms with Crippen molar-refractivity contribution < 1.29 is 17.6 Å². The third-order valence-electron chi connectivity index (χ3n) is 5.05. The number of benzene rings is 2. The van der Waals surface area contributed by atoms with Crippen molar-refractivity contribution in [1.82, 2.24) is 0 Å². The highest BCUT2D eigenvalue weighted by atomic mass is 19.1. The lowest BCUT2D eigenvalue weighted by Crippen LogP contribution is -2.11. The monoisotopic (exact) mass is 433 g/mol. The van der Waals surface area contributed by atoms with E-state index in [9.17, 15) is 18.0 Å². The van der Waals surface area contributed by atoms with Crippen LogP contribution in [0.25, 0.3) is 22.3 Å². The van der Waals surface area contributed by atoms with Crippen LogP contribution >= 0.6 is 0 Å². The third kappa shape index (κ3) is 5.02. The Morgan fingerprint density at radius 1 is 0.968 bits per heavy atom. The lowest BCUT2D eigenvalue weighted by atomic mass is 10.1. The average molecular weight is 433 g/mol. The van der Waals surface area contributed by atoms with Crippen LogP contribution in [0, 0.1) is 17.5 Å². The molecule has 1 aromatic heterocycles. The zero-order valence-corrected chi connectivity index (χ0v) is 17.6. The van der Waals surface area contributed by atoms with Crippen molar-refractivity contribution >= 4 is 22.3 Å². The summed E-state index contributed by atoms with van der Waals surface area (Å²) in [5.74, 6) is -2.37. The van der Waals surface area contributed by atoms with E-state index in [0.717, 1.165) is 31.7 Å². The normalized spacial score (nSPS) is 11.2. The fourth-order valence-electron chi connectivity index (χ4n) is 3.44. The van der Waals surface area contributed by atoms with E-state index in [4.69, 9.17) is 10.2 Å². The molecule has 0 aliphatic heterocycles. The Hall–Kier alpha value is -3.00. The molecule has 0 atom stereocenters. The van der Waals surface area contributed by atoms with Crippen molar-refractivity contribution in [2.24, 2.45) is 5.73 Å². The molecule has 5 nitrogen and oxygen atoms in total. The molecule has 0 aliphatic rings. The summed E-state index contributed by atoms with van der Waals surface area (Å²) in [5, 5.41) is 2.69. The van der Waals surface area contributed by atoms with Crippen molar-refractivity contribution in [1.29, 1.82) is 0 Å². The summed E-state index contributed by atoms with van der Waals surface area (Å²) < 4.78 is 48.9. The van der Waals surface area contributed by atoms with E-state index in [1.54, 1.807) is 25.1 Å². The van der Waals surface area contributed by atoms with Gasteiger partial charge in [0.15, 0.2) is 16.8 Å². The average Bonchev–Trinajstić information content (AvgIpc) is 2.72. The standard InChI is InChI=1S/C23H26F3N3O2/c1-29(2)18-8-7-14(11-15(18)24)20-13-19(30)21-22(28-10-6-4-3-5-9-27)16(25)12-17(26)23(21)31-20/h7-8,11-13,28H,3-6,9-10,27H2,1-2H3. The zero-order chi connectivity index (χ0) is 22.5. The van der Waals surface area contributed by atoms with Crippen molar-refractivity contribution in [3.63, 3.8) is 0 Å². The van der Waals surface area contributed by atoms with E-state index in [2.05, 4.69) is 5.32 Å². The smallest absolute Gasteiger partial charge is 0.195 e. The first-order chi connectivity index (χ1) is 14.8. The number of nitrogens with one attached hydrogen (secondary N) is 1. The molecule has 166 valence electrons. The second-order valence-corrected chi connectivity index (χ2v) is 7.58. The van der Waals surface area contributed by atoms with E-state index in [0.29, 0.717) is 24.8 Å². The number of unbranched alkanes of at least 4 members (excludes halogenated alkanes) is 3. The van der Waals surface area contributed by atoms with Crippen LogP contribution in [0.5, 0.6) is 0 Å². The summed E-state index contributed by atoms with van der Waals surface area (Å²) >= 11 is 0. The van der Waals surface area contributed by atoms with Crippen LogP contribution < -0.4 is 21.4 Å². The molecule has 0 unspecified atom stereocenters. The van der Waals surface area contributed by atoms with Crippen molar-refractivity contribution in [3.05, 3.63) is 58.0 Å². The van der Waals surface area contributed by atoms with E-state index in [1.165, 1.54) is 12.1 Å². The predicted molar refractivity (Wildman–Crippen MR) is 118 cm³/mol. The van der Waals surface area contributed by atoms with Crippen LogP contribution in [0.1, 0.15) is 25.7 Å². The largest absolute Gasteiger partial charge is 0.453 e. The highest BCUT2D eigenvalue weighted by molar-refractivity contribution is 5.91. The van der Waals surface area contributed by atoms with Gasteiger partial charge in [0.25, 0.3) is 0 Å². The summed E-state index contributed by atoms with van der Waals surface area (Å²) in [6.45, 7) is 1.04. The number of anilines is 2. The van der Waals surface area contributed by atoms with Crippen LogP contribution in [0.2, 0.25) is 0 Å². The van der Waals surface area contributed by atoms with E-state index < -0.39 is 22.9 Å². The summed E-state index contributed by atoms with van der Waals surface area (Å²) in [6.07, 6.45) is 3.52. The van der Waals surface area contributed by atoms with E-state index in [-0.39, 0.29) is 28.0 Å². The highest BCUT2D eigenvalue weighted by Gasteiger charge is 2.19. The van der Waals surface area contributed by atoms with Gasteiger partial charge in [-0.15, -0.1) is 0 Å². The Labute approximate surface area is 178 Å². The lowest BCUT2D eigenvalue weighted by molar-refractivity contribution is 0.545. The number of hydrogen-bond donors (Lipinski definition) is 2. The number of halogens is 3. The number of rotatable bonds is 9. The molecule has 0 amide bonds. The minimum absolute atomic E-state index is 0.0000474. The first-order valence-corrected chi connectivity index (χ1v) is 10.2. The second kappa shape index (κ2) is 9.87. The SMILES string of the molecule is CN(C)c1ccc(-c2cc(=O)c3c(NCCCCCCN)c(F)cc(F)c3o2)cc1F. The van der Waals surface area contributed by atoms with Crippen LogP contribution in [0.4, 0.5) is 24.5 Å². The molecule has 0 saturated heterocycles. The van der Waals surface area contributed by atoms with Crippen LogP contribution in [0.3, 0.4) is 0 Å². The molecule has 0 aliphatic carbocycles. The Kier molecular flexibility index (Phi) is 7.22. The predicted octanol–water partition coefficient (Wildman–Crippen LogP) is 4.87. The molecule has 0 spiro atoms. The lowest BCUT2D eigenvalue weighted by Gasteiger charge is -2.14. The molecular weight excluding hydrogens is 407 g/mol. The number of nitrogens with two attached hydrogens (primary N) is 1. The van der Waals surface area contributed by atoms with Gasteiger partial charge in [-0.1, -0.05) is 12.8 Å². The first-order valence-electron chi connectivity index (χ1n) is 10.2. The minimum Gasteiger partial charge on any atom is -0.453 e. The van der Waals surface area contributed by atoms with Gasteiger partial charge in [-0.25, -0.2) is 13.2 Å². The zero-order valence-electron chi connectivity index (χ0n) is 17.6. The van der Waals surface area contributed by atoms with Gasteiger partial charge in [0.05, 0.1) is 16.8 Å². The summed E-state index contributed by atoms with van der Waals surface area (Å²) in [5.41, 5.74) is 5.02. The minimum atomic E-state index is -0.995. The van der Waals surface area contributed by atoms with Gasteiger partial charge in [0.1, 0.15) is 17.4 Å². The van der Waals surface area contributed by atoms with Gasteiger partial charge in [0, 0.05) is 38.3 Å². The van der Waals surface area contributed by atoms with Crippen LogP contribution in [-0.4, -0.2) is 27.2 Å². The Morgan fingerprint density at radius 3 is 2.39 bits per heavy atom. The molecular formula is C23H26F3N3O2. The second-order valence-electron chi connectivity index (χ2n) is 7.58. The molecule has 0 radical (unpaired) electrons. The summed E-state index contributed by atoms with van der Waals surface area (Å²) in [7, 11) is 3.40. The van der Waals surface area contributed by atoms with Gasteiger partial charge >= 0.3 is 0 Å². The molecule has 3 N–H and O–H groups in total. The topological polar surface area (TPSA) is 71.5 Å². The van der Waals surface area contributed by atoms with Crippen molar-refractivity contribution in [2.45, 2.75) is 25.7 Å². The maximum Gasteiger partial charge on any atom is 0.195 e. The highest BCUT2D eigenvalue weighted by Crippen LogP contribution is 2.31. The Morgan fingerprint density at radius 2 is 1.71 bits per heavy atom. The molecule has 31 heavy (non-hydrogen) atoms. The summed E-state index contributed by atoms with van der Waals surface area (Å²) in [4.78, 5) is 14.4. The van der Waals surface area contributed by atoms with Crippen LogP contribution in [-0.2, 0) is 0 Å². The third-order valence-corrected chi connectivity index (χ3v) is 5.05. The van der Waals surface area contributed by atoms with Gasteiger partial charge in [-0.2, -0.15) is 0 Å². The quantitative estimate of drug-likeness (QED) is 0.471.